The third kappa shape index (κ3) is 3.81. The fourth-order valence-corrected chi connectivity index (χ4v) is 3.45. The Hall–Kier alpha value is -3.17. The fraction of sp³-hybridized carbons (Fsp3) is 0.400. The molecule has 158 valence electrons. The predicted octanol–water partition coefficient (Wildman–Crippen LogP) is 3.72. The summed E-state index contributed by atoms with van der Waals surface area (Å²) in [6, 6.07) is 4.13. The van der Waals surface area contributed by atoms with E-state index in [2.05, 4.69) is 15.1 Å². The number of hydrogen-bond acceptors (Lipinski definition) is 6. The maximum Gasteiger partial charge on any atom is 0.417 e. The second kappa shape index (κ2) is 7.58. The number of nitrogens with zero attached hydrogens (tertiary/aromatic N) is 5. The van der Waals surface area contributed by atoms with Gasteiger partial charge in [0.1, 0.15) is 5.82 Å². The lowest BCUT2D eigenvalue weighted by Gasteiger charge is -2.35. The SMILES string of the molecule is CC(C)c1noc2ncc(C(=O)N3CCN(c4ccc(C(F)(F)F)cn4)CC3)cc12. The van der Waals surface area contributed by atoms with Crippen molar-refractivity contribution in [3.05, 3.63) is 47.4 Å². The van der Waals surface area contributed by atoms with Crippen LogP contribution in [0.3, 0.4) is 0 Å². The van der Waals surface area contributed by atoms with E-state index in [4.69, 9.17) is 4.52 Å². The van der Waals surface area contributed by atoms with Crippen LogP contribution in [0.2, 0.25) is 0 Å². The standard InChI is InChI=1S/C20H20F3N5O2/c1-12(2)17-15-9-13(10-25-18(15)30-26-17)19(29)28-7-5-27(6-8-28)16-4-3-14(11-24-16)20(21,22)23/h3-4,9-12H,5-8H2,1-2H3. The van der Waals surface area contributed by atoms with Crippen molar-refractivity contribution < 1.29 is 22.5 Å². The molecule has 1 amide bonds. The highest BCUT2D eigenvalue weighted by molar-refractivity contribution is 5.97. The summed E-state index contributed by atoms with van der Waals surface area (Å²) in [5.41, 5.74) is 0.824. The van der Waals surface area contributed by atoms with E-state index in [9.17, 15) is 18.0 Å². The zero-order valence-electron chi connectivity index (χ0n) is 16.5. The molecule has 30 heavy (non-hydrogen) atoms. The van der Waals surface area contributed by atoms with E-state index >= 15 is 0 Å². The van der Waals surface area contributed by atoms with Crippen molar-refractivity contribution in [1.29, 1.82) is 0 Å². The number of aromatic nitrogens is 3. The summed E-state index contributed by atoms with van der Waals surface area (Å²) in [5.74, 6) is 0.447. The predicted molar refractivity (Wildman–Crippen MR) is 103 cm³/mol. The molecule has 0 bridgehead atoms. The normalized spacial score (nSPS) is 15.3. The molecule has 1 saturated heterocycles. The van der Waals surface area contributed by atoms with Crippen molar-refractivity contribution >= 4 is 22.8 Å². The number of carbonyl (C=O) groups excluding carboxylic acids is 1. The molecule has 1 fully saturated rings. The molecular weight excluding hydrogens is 399 g/mol. The Morgan fingerprint density at radius 1 is 1.10 bits per heavy atom. The van der Waals surface area contributed by atoms with Gasteiger partial charge in [-0.2, -0.15) is 13.2 Å². The number of piperazine rings is 1. The van der Waals surface area contributed by atoms with Gasteiger partial charge < -0.3 is 14.3 Å². The second-order valence-corrected chi connectivity index (χ2v) is 7.48. The molecule has 4 heterocycles. The highest BCUT2D eigenvalue weighted by Crippen LogP contribution is 2.29. The van der Waals surface area contributed by atoms with Gasteiger partial charge in [-0.05, 0) is 24.1 Å². The third-order valence-electron chi connectivity index (χ3n) is 5.12. The largest absolute Gasteiger partial charge is 0.417 e. The van der Waals surface area contributed by atoms with Gasteiger partial charge in [-0.1, -0.05) is 19.0 Å². The minimum absolute atomic E-state index is 0.137. The highest BCUT2D eigenvalue weighted by Gasteiger charge is 2.31. The van der Waals surface area contributed by atoms with Crippen LogP contribution in [-0.4, -0.2) is 52.1 Å². The van der Waals surface area contributed by atoms with Gasteiger partial charge in [0, 0.05) is 38.6 Å². The van der Waals surface area contributed by atoms with Gasteiger partial charge in [-0.3, -0.25) is 4.79 Å². The molecule has 10 heteroatoms. The number of hydrogen-bond donors (Lipinski definition) is 0. The van der Waals surface area contributed by atoms with Gasteiger partial charge in [0.05, 0.1) is 22.2 Å². The van der Waals surface area contributed by atoms with Crippen molar-refractivity contribution in [2.45, 2.75) is 25.9 Å². The van der Waals surface area contributed by atoms with Crippen LogP contribution < -0.4 is 4.90 Å². The van der Waals surface area contributed by atoms with Crippen molar-refractivity contribution in [1.82, 2.24) is 20.0 Å². The molecule has 1 aliphatic rings. The molecule has 3 aromatic rings. The van der Waals surface area contributed by atoms with Crippen molar-refractivity contribution in [3.63, 3.8) is 0 Å². The Morgan fingerprint density at radius 3 is 2.43 bits per heavy atom. The Kier molecular flexibility index (Phi) is 5.08. The zero-order valence-corrected chi connectivity index (χ0v) is 16.5. The Morgan fingerprint density at radius 2 is 1.83 bits per heavy atom. The van der Waals surface area contributed by atoms with E-state index in [1.54, 1.807) is 11.0 Å². The first-order chi connectivity index (χ1) is 14.2. The Labute approximate surface area is 170 Å². The number of halogens is 3. The summed E-state index contributed by atoms with van der Waals surface area (Å²) in [5, 5.41) is 4.75. The van der Waals surface area contributed by atoms with Gasteiger partial charge >= 0.3 is 6.18 Å². The molecule has 0 aromatic carbocycles. The second-order valence-electron chi connectivity index (χ2n) is 7.48. The minimum atomic E-state index is -4.41. The molecule has 0 spiro atoms. The van der Waals surface area contributed by atoms with Gasteiger partial charge in [0.25, 0.3) is 11.6 Å². The maximum absolute atomic E-state index is 12.9. The summed E-state index contributed by atoms with van der Waals surface area (Å²) >= 11 is 0. The molecule has 3 aromatic heterocycles. The van der Waals surface area contributed by atoms with Crippen LogP contribution >= 0.6 is 0 Å². The summed E-state index contributed by atoms with van der Waals surface area (Å²) in [7, 11) is 0. The number of pyridine rings is 2. The zero-order chi connectivity index (χ0) is 21.5. The number of rotatable bonds is 3. The van der Waals surface area contributed by atoms with Crippen molar-refractivity contribution in [3.8, 4) is 0 Å². The average molecular weight is 419 g/mol. The van der Waals surface area contributed by atoms with Crippen LogP contribution in [0.25, 0.3) is 11.1 Å². The first-order valence-corrected chi connectivity index (χ1v) is 9.57. The monoisotopic (exact) mass is 419 g/mol. The number of fused-ring (bicyclic) bond motifs is 1. The van der Waals surface area contributed by atoms with Crippen LogP contribution in [0.5, 0.6) is 0 Å². The lowest BCUT2D eigenvalue weighted by Crippen LogP contribution is -2.49. The Bertz CT molecular complexity index is 1050. The summed E-state index contributed by atoms with van der Waals surface area (Å²) in [4.78, 5) is 24.6. The molecule has 4 rings (SSSR count). The lowest BCUT2D eigenvalue weighted by atomic mass is 10.1. The third-order valence-corrected chi connectivity index (χ3v) is 5.12. The molecule has 1 aliphatic heterocycles. The van der Waals surface area contributed by atoms with Gasteiger partial charge in [0.15, 0.2) is 0 Å². The van der Waals surface area contributed by atoms with Gasteiger partial charge in [-0.25, -0.2) is 9.97 Å². The van der Waals surface area contributed by atoms with E-state index in [0.29, 0.717) is 43.3 Å². The van der Waals surface area contributed by atoms with E-state index in [0.717, 1.165) is 23.3 Å². The minimum Gasteiger partial charge on any atom is -0.353 e. The Balaban J connectivity index is 1.44. The molecule has 0 unspecified atom stereocenters. The smallest absolute Gasteiger partial charge is 0.353 e. The molecular formula is C20H20F3N5O2. The maximum atomic E-state index is 12.9. The van der Waals surface area contributed by atoms with Crippen LogP contribution in [0.1, 0.15) is 41.4 Å². The number of amides is 1. The van der Waals surface area contributed by atoms with Crippen molar-refractivity contribution in [2.75, 3.05) is 31.1 Å². The molecule has 0 atom stereocenters. The topological polar surface area (TPSA) is 75.4 Å². The fourth-order valence-electron chi connectivity index (χ4n) is 3.45. The average Bonchev–Trinajstić information content (AvgIpc) is 3.16. The number of anilines is 1. The van der Waals surface area contributed by atoms with Crippen LogP contribution in [0, 0.1) is 0 Å². The van der Waals surface area contributed by atoms with E-state index in [-0.39, 0.29) is 11.8 Å². The highest BCUT2D eigenvalue weighted by atomic mass is 19.4. The summed E-state index contributed by atoms with van der Waals surface area (Å²) in [6.07, 6.45) is -2.10. The first-order valence-electron chi connectivity index (χ1n) is 9.57. The molecule has 0 saturated carbocycles. The quantitative estimate of drug-likeness (QED) is 0.644. The molecule has 0 N–H and O–H groups in total. The van der Waals surface area contributed by atoms with Crippen LogP contribution in [0.15, 0.2) is 35.1 Å². The molecule has 0 aliphatic carbocycles. The molecule has 0 radical (unpaired) electrons. The van der Waals surface area contributed by atoms with E-state index < -0.39 is 11.7 Å². The first kappa shape index (κ1) is 20.1. The van der Waals surface area contributed by atoms with Crippen LogP contribution in [-0.2, 0) is 6.18 Å². The van der Waals surface area contributed by atoms with Crippen molar-refractivity contribution in [2.24, 2.45) is 0 Å². The van der Waals surface area contributed by atoms with Crippen LogP contribution in [0.4, 0.5) is 19.0 Å². The van der Waals surface area contributed by atoms with E-state index in [1.165, 1.54) is 12.3 Å². The lowest BCUT2D eigenvalue weighted by molar-refractivity contribution is -0.137. The summed E-state index contributed by atoms with van der Waals surface area (Å²) < 4.78 is 43.3. The summed E-state index contributed by atoms with van der Waals surface area (Å²) in [6.45, 7) is 5.79. The number of carbonyl (C=O) groups is 1. The number of alkyl halides is 3. The van der Waals surface area contributed by atoms with E-state index in [1.807, 2.05) is 18.7 Å². The van der Waals surface area contributed by atoms with Gasteiger partial charge in [-0.15, -0.1) is 0 Å². The molecule has 7 nitrogen and oxygen atoms in total. The van der Waals surface area contributed by atoms with Gasteiger partial charge in [0.2, 0.25) is 0 Å².